The Kier molecular flexibility index (Phi) is 9.08. The summed E-state index contributed by atoms with van der Waals surface area (Å²) in [4.78, 5) is 0. The van der Waals surface area contributed by atoms with Crippen LogP contribution in [0, 0.1) is 41.4 Å². The fourth-order valence-electron chi connectivity index (χ4n) is 5.61. The number of halogens is 2. The second kappa shape index (κ2) is 11.3. The smallest absolute Gasteiger partial charge is 0.236 e. The third-order valence-electron chi connectivity index (χ3n) is 7.55. The van der Waals surface area contributed by atoms with Crippen LogP contribution < -0.4 is 0 Å². The van der Waals surface area contributed by atoms with E-state index in [9.17, 15) is 8.78 Å². The molecule has 0 bridgehead atoms. The molecule has 0 amide bonds. The van der Waals surface area contributed by atoms with Gasteiger partial charge in [-0.25, -0.2) is 8.78 Å². The molecule has 3 heteroatoms. The first-order chi connectivity index (χ1) is 14.1. The van der Waals surface area contributed by atoms with Gasteiger partial charge in [-0.15, -0.1) is 23.8 Å². The van der Waals surface area contributed by atoms with E-state index in [2.05, 4.69) is 19.1 Å². The summed E-state index contributed by atoms with van der Waals surface area (Å²) in [6, 6.07) is 12.9. The molecule has 0 atom stereocenters. The Morgan fingerprint density at radius 2 is 1.30 bits per heavy atom. The Morgan fingerprint density at radius 3 is 1.87 bits per heavy atom. The zero-order valence-corrected chi connectivity index (χ0v) is 21.0. The van der Waals surface area contributed by atoms with Gasteiger partial charge in [0.15, 0.2) is 0 Å². The van der Waals surface area contributed by atoms with E-state index in [1.807, 2.05) is 18.2 Å². The van der Waals surface area contributed by atoms with Gasteiger partial charge in [0.2, 0.25) is 0 Å². The molecular formula is C27H33F2Y+2. The summed E-state index contributed by atoms with van der Waals surface area (Å²) in [5.74, 6) is 2.50. The topological polar surface area (TPSA) is 0 Å². The molecule has 0 N–H and O–H groups in total. The average Bonchev–Trinajstić information content (AvgIpc) is 2.73. The van der Waals surface area contributed by atoms with Crippen LogP contribution in [0.2, 0.25) is 0 Å². The summed E-state index contributed by atoms with van der Waals surface area (Å²) >= 11 is 0. The van der Waals surface area contributed by atoms with Crippen LogP contribution in [-0.4, -0.2) is 0 Å². The number of hydrogen-bond acceptors (Lipinski definition) is 0. The second-order valence-corrected chi connectivity index (χ2v) is 9.60. The Labute approximate surface area is 206 Å². The van der Waals surface area contributed by atoms with Gasteiger partial charge in [-0.05, 0) is 73.3 Å². The van der Waals surface area contributed by atoms with Crippen molar-refractivity contribution in [3.05, 3.63) is 59.7 Å². The van der Waals surface area contributed by atoms with Crippen molar-refractivity contribution in [1.82, 2.24) is 0 Å². The molecule has 2 aromatic rings. The Morgan fingerprint density at radius 1 is 0.767 bits per heavy atom. The van der Waals surface area contributed by atoms with E-state index in [4.69, 9.17) is 0 Å². The number of aryl methyl sites for hydroxylation is 1. The van der Waals surface area contributed by atoms with Gasteiger partial charge in [-0.3, -0.25) is 0 Å². The zero-order chi connectivity index (χ0) is 20.2. The summed E-state index contributed by atoms with van der Waals surface area (Å²) in [5.41, 5.74) is 2.74. The van der Waals surface area contributed by atoms with Crippen LogP contribution in [0.4, 0.5) is 8.78 Å². The normalized spacial score (nSPS) is 26.8. The van der Waals surface area contributed by atoms with Crippen LogP contribution in [0.25, 0.3) is 11.1 Å². The third-order valence-corrected chi connectivity index (χ3v) is 7.55. The monoisotopic (exact) mass is 484 g/mol. The Hall–Kier alpha value is -0.596. The predicted octanol–water partition coefficient (Wildman–Crippen LogP) is 7.99. The SMILES string of the molecule is CC1CCC(C2CCC(CCc3ccc(-c4cc(F)[c-]c(F)c4)cc3)CC2)CC1.[Y+3]. The first kappa shape index (κ1) is 24.1. The van der Waals surface area contributed by atoms with Gasteiger partial charge in [0.25, 0.3) is 0 Å². The van der Waals surface area contributed by atoms with E-state index < -0.39 is 11.6 Å². The van der Waals surface area contributed by atoms with Crippen LogP contribution in [0.3, 0.4) is 0 Å². The fourth-order valence-corrected chi connectivity index (χ4v) is 5.61. The molecule has 0 radical (unpaired) electrons. The molecule has 2 fully saturated rings. The molecule has 0 spiro atoms. The summed E-state index contributed by atoms with van der Waals surface area (Å²) in [6.07, 6.45) is 13.9. The largest absolute Gasteiger partial charge is 3.00 e. The Balaban J connectivity index is 0.00000256. The van der Waals surface area contributed by atoms with Crippen molar-refractivity contribution in [1.29, 1.82) is 0 Å². The van der Waals surface area contributed by atoms with Crippen molar-refractivity contribution in [2.45, 2.75) is 71.1 Å². The minimum absolute atomic E-state index is 0. The molecule has 4 rings (SSSR count). The molecule has 30 heavy (non-hydrogen) atoms. The molecular weight excluding hydrogens is 451 g/mol. The zero-order valence-electron chi connectivity index (χ0n) is 18.2. The first-order valence-electron chi connectivity index (χ1n) is 11.5. The van der Waals surface area contributed by atoms with E-state index in [0.29, 0.717) is 5.56 Å². The van der Waals surface area contributed by atoms with Crippen molar-refractivity contribution in [2.24, 2.45) is 23.7 Å². The van der Waals surface area contributed by atoms with Crippen molar-refractivity contribution in [2.75, 3.05) is 0 Å². The maximum absolute atomic E-state index is 13.4. The fraction of sp³-hybridized carbons (Fsp3) is 0.556. The van der Waals surface area contributed by atoms with Crippen molar-refractivity contribution in [3.63, 3.8) is 0 Å². The van der Waals surface area contributed by atoms with Crippen molar-refractivity contribution >= 4 is 0 Å². The quantitative estimate of drug-likeness (QED) is 0.377. The molecule has 0 heterocycles. The molecule has 0 saturated heterocycles. The number of hydrogen-bond donors (Lipinski definition) is 0. The van der Waals surface area contributed by atoms with Gasteiger partial charge in [-0.2, -0.15) is 0 Å². The standard InChI is InChI=1S/C27H33F2.Y/c1-19-2-10-22(11-3-19)23-12-6-20(7-13-23)4-5-21-8-14-24(15-9-21)25-16-26(28)18-27(29)17-25;/h8-9,14-17,19-20,22-23H,2-7,10-13H2,1H3;/q-1;+3. The molecule has 0 aliphatic heterocycles. The van der Waals surface area contributed by atoms with E-state index >= 15 is 0 Å². The van der Waals surface area contributed by atoms with Gasteiger partial charge < -0.3 is 0 Å². The van der Waals surface area contributed by atoms with Crippen LogP contribution >= 0.6 is 0 Å². The van der Waals surface area contributed by atoms with E-state index in [1.54, 1.807) is 0 Å². The van der Waals surface area contributed by atoms with Crippen LogP contribution in [0.1, 0.15) is 70.3 Å². The van der Waals surface area contributed by atoms with E-state index in [0.717, 1.165) is 35.7 Å². The molecule has 2 aliphatic rings. The minimum atomic E-state index is -0.651. The maximum atomic E-state index is 13.4. The van der Waals surface area contributed by atoms with Crippen LogP contribution in [-0.2, 0) is 39.1 Å². The van der Waals surface area contributed by atoms with Gasteiger partial charge in [0.1, 0.15) is 0 Å². The maximum Gasteiger partial charge on any atom is 3.00 e. The number of benzene rings is 2. The summed E-state index contributed by atoms with van der Waals surface area (Å²) in [7, 11) is 0. The molecule has 156 valence electrons. The molecule has 0 aromatic heterocycles. The summed E-state index contributed by atoms with van der Waals surface area (Å²) in [6.45, 7) is 2.41. The van der Waals surface area contributed by atoms with E-state index in [1.165, 1.54) is 75.5 Å². The Bertz CT molecular complexity index is 765. The van der Waals surface area contributed by atoms with Crippen molar-refractivity contribution < 1.29 is 41.5 Å². The second-order valence-electron chi connectivity index (χ2n) is 9.60. The minimum Gasteiger partial charge on any atom is -0.236 e. The van der Waals surface area contributed by atoms with E-state index in [-0.39, 0.29) is 32.7 Å². The molecule has 2 aromatic carbocycles. The average molecular weight is 484 g/mol. The van der Waals surface area contributed by atoms with Gasteiger partial charge >= 0.3 is 32.7 Å². The van der Waals surface area contributed by atoms with Crippen LogP contribution in [0.5, 0.6) is 0 Å². The molecule has 0 unspecified atom stereocenters. The molecule has 2 saturated carbocycles. The van der Waals surface area contributed by atoms with Crippen LogP contribution in [0.15, 0.2) is 36.4 Å². The summed E-state index contributed by atoms with van der Waals surface area (Å²) in [5, 5.41) is 0. The number of rotatable bonds is 5. The van der Waals surface area contributed by atoms with Crippen molar-refractivity contribution in [3.8, 4) is 11.1 Å². The van der Waals surface area contributed by atoms with Gasteiger partial charge in [-0.1, -0.05) is 56.9 Å². The summed E-state index contributed by atoms with van der Waals surface area (Å²) < 4.78 is 26.8. The third kappa shape index (κ3) is 6.45. The molecule has 2 aliphatic carbocycles. The van der Waals surface area contributed by atoms with Gasteiger partial charge in [0, 0.05) is 11.6 Å². The first-order valence-corrected chi connectivity index (χ1v) is 11.5. The van der Waals surface area contributed by atoms with Gasteiger partial charge in [0.05, 0.1) is 0 Å². The molecule has 0 nitrogen and oxygen atoms in total. The predicted molar refractivity (Wildman–Crippen MR) is 116 cm³/mol.